The third kappa shape index (κ3) is 4.21. The molecule has 9 heteroatoms. The number of benzene rings is 2. The molecule has 28 heavy (non-hydrogen) atoms. The van der Waals surface area contributed by atoms with E-state index in [0.717, 1.165) is 11.1 Å². The van der Waals surface area contributed by atoms with Gasteiger partial charge in [0.25, 0.3) is 5.91 Å². The predicted molar refractivity (Wildman–Crippen MR) is 104 cm³/mol. The van der Waals surface area contributed by atoms with Gasteiger partial charge >= 0.3 is 0 Å². The number of nitrogens with zero attached hydrogens (tertiary/aromatic N) is 1. The van der Waals surface area contributed by atoms with E-state index in [0.29, 0.717) is 16.8 Å². The molecule has 0 saturated heterocycles. The number of primary sulfonamides is 1. The average molecular weight is 400 g/mol. The minimum atomic E-state index is -3.75. The molecule has 3 rings (SSSR count). The van der Waals surface area contributed by atoms with Crippen molar-refractivity contribution in [1.82, 2.24) is 15.5 Å². The highest BCUT2D eigenvalue weighted by atomic mass is 32.2. The van der Waals surface area contributed by atoms with E-state index in [-0.39, 0.29) is 28.8 Å². The fourth-order valence-electron chi connectivity index (χ4n) is 2.66. The van der Waals surface area contributed by atoms with Crippen molar-refractivity contribution in [2.75, 3.05) is 0 Å². The summed E-state index contributed by atoms with van der Waals surface area (Å²) in [6.45, 7) is 4.03. The Morgan fingerprint density at radius 2 is 1.79 bits per heavy atom. The molecule has 0 fully saturated rings. The molecule has 0 bridgehead atoms. The summed E-state index contributed by atoms with van der Waals surface area (Å²) < 4.78 is 22.5. The number of carbonyl (C=O) groups excluding carboxylic acids is 1. The monoisotopic (exact) mass is 400 g/mol. The zero-order chi connectivity index (χ0) is 20.5. The number of hydrogen-bond acceptors (Lipinski definition) is 5. The van der Waals surface area contributed by atoms with Gasteiger partial charge in [-0.05, 0) is 60.9 Å². The highest BCUT2D eigenvalue weighted by Gasteiger charge is 2.14. The molecule has 3 aromatic rings. The molecule has 146 valence electrons. The van der Waals surface area contributed by atoms with E-state index in [2.05, 4.69) is 15.5 Å². The van der Waals surface area contributed by atoms with Crippen LogP contribution in [0.4, 0.5) is 0 Å². The number of H-pyrrole nitrogens is 1. The van der Waals surface area contributed by atoms with E-state index in [9.17, 15) is 18.3 Å². The van der Waals surface area contributed by atoms with Gasteiger partial charge in [0.2, 0.25) is 10.0 Å². The van der Waals surface area contributed by atoms with Gasteiger partial charge in [-0.15, -0.1) is 0 Å². The van der Waals surface area contributed by atoms with Crippen molar-refractivity contribution in [2.24, 2.45) is 5.14 Å². The predicted octanol–water partition coefficient (Wildman–Crippen LogP) is 1.98. The zero-order valence-electron chi connectivity index (χ0n) is 15.4. The van der Waals surface area contributed by atoms with E-state index in [1.165, 1.54) is 12.1 Å². The smallest absolute Gasteiger partial charge is 0.269 e. The van der Waals surface area contributed by atoms with Gasteiger partial charge < -0.3 is 10.4 Å². The van der Waals surface area contributed by atoms with E-state index in [1.54, 1.807) is 24.3 Å². The maximum atomic E-state index is 12.3. The lowest BCUT2D eigenvalue weighted by molar-refractivity contribution is 0.0946. The van der Waals surface area contributed by atoms with Gasteiger partial charge in [-0.25, -0.2) is 13.6 Å². The Kier molecular flexibility index (Phi) is 5.21. The van der Waals surface area contributed by atoms with Crippen molar-refractivity contribution in [2.45, 2.75) is 25.3 Å². The Hall–Kier alpha value is -3.17. The summed E-state index contributed by atoms with van der Waals surface area (Å²) in [4.78, 5) is 12.3. The summed E-state index contributed by atoms with van der Waals surface area (Å²) in [5, 5.41) is 24.7. The highest BCUT2D eigenvalue weighted by Crippen LogP contribution is 2.30. The average Bonchev–Trinajstić information content (AvgIpc) is 3.12. The number of amides is 1. The number of hydrogen-bond donors (Lipinski definition) is 4. The standard InChI is InChI=1S/C19H20N4O4S/c1-11-7-15(18(24)8-12(11)2)16-9-17(23-22-16)19(25)21-10-13-3-5-14(6-4-13)28(20,26)27/h3-9,24H,10H2,1-2H3,(H,21,25)(H,22,23)(H2,20,26,27). The molecule has 0 aliphatic heterocycles. The number of phenols is 1. The number of carbonyl (C=O) groups is 1. The van der Waals surface area contributed by atoms with Gasteiger partial charge in [-0.3, -0.25) is 9.89 Å². The topological polar surface area (TPSA) is 138 Å². The van der Waals surface area contributed by atoms with Crippen molar-refractivity contribution >= 4 is 15.9 Å². The maximum absolute atomic E-state index is 12.3. The second-order valence-electron chi connectivity index (χ2n) is 6.49. The molecule has 2 aromatic carbocycles. The second-order valence-corrected chi connectivity index (χ2v) is 8.05. The van der Waals surface area contributed by atoms with Crippen LogP contribution in [0, 0.1) is 13.8 Å². The van der Waals surface area contributed by atoms with Crippen LogP contribution < -0.4 is 10.5 Å². The molecule has 1 aromatic heterocycles. The van der Waals surface area contributed by atoms with Crippen molar-refractivity contribution in [3.05, 3.63) is 64.8 Å². The first-order valence-corrected chi connectivity index (χ1v) is 9.95. The molecular weight excluding hydrogens is 380 g/mol. The van der Waals surface area contributed by atoms with E-state index in [1.807, 2.05) is 19.9 Å². The van der Waals surface area contributed by atoms with Gasteiger partial charge in [-0.2, -0.15) is 5.10 Å². The lowest BCUT2D eigenvalue weighted by Gasteiger charge is -2.06. The lowest BCUT2D eigenvalue weighted by atomic mass is 10.0. The Morgan fingerprint density at radius 3 is 2.43 bits per heavy atom. The summed E-state index contributed by atoms with van der Waals surface area (Å²) >= 11 is 0. The first-order valence-electron chi connectivity index (χ1n) is 8.41. The number of aromatic amines is 1. The van der Waals surface area contributed by atoms with Crippen LogP contribution >= 0.6 is 0 Å². The Balaban J connectivity index is 1.70. The molecule has 1 heterocycles. The maximum Gasteiger partial charge on any atom is 0.269 e. The number of phenolic OH excluding ortho intramolecular Hbond substituents is 1. The summed E-state index contributed by atoms with van der Waals surface area (Å²) in [5.74, 6) is -0.283. The minimum absolute atomic E-state index is 0.00832. The van der Waals surface area contributed by atoms with Crippen LogP contribution in [0.5, 0.6) is 5.75 Å². The van der Waals surface area contributed by atoms with Gasteiger partial charge in [0, 0.05) is 12.1 Å². The Bertz CT molecular complexity index is 1140. The SMILES string of the molecule is Cc1cc(O)c(-c2cc(C(=O)NCc3ccc(S(N)(=O)=O)cc3)[nH]n2)cc1C. The van der Waals surface area contributed by atoms with Gasteiger partial charge in [-0.1, -0.05) is 12.1 Å². The molecule has 5 N–H and O–H groups in total. The third-order valence-corrected chi connectivity index (χ3v) is 5.34. The number of sulfonamides is 1. The van der Waals surface area contributed by atoms with Crippen molar-refractivity contribution < 1.29 is 18.3 Å². The van der Waals surface area contributed by atoms with Gasteiger partial charge in [0.15, 0.2) is 0 Å². The third-order valence-electron chi connectivity index (χ3n) is 4.42. The van der Waals surface area contributed by atoms with Crippen LogP contribution in [0.25, 0.3) is 11.3 Å². The van der Waals surface area contributed by atoms with Crippen LogP contribution in [-0.4, -0.2) is 29.6 Å². The largest absolute Gasteiger partial charge is 0.507 e. The number of nitrogens with one attached hydrogen (secondary N) is 2. The molecule has 0 saturated carbocycles. The first-order chi connectivity index (χ1) is 13.1. The molecule has 0 unspecified atom stereocenters. The number of aromatic nitrogens is 2. The Morgan fingerprint density at radius 1 is 1.14 bits per heavy atom. The van der Waals surface area contributed by atoms with Crippen LogP contribution in [0.3, 0.4) is 0 Å². The summed E-state index contributed by atoms with van der Waals surface area (Å²) in [7, 11) is -3.75. The molecule has 0 atom stereocenters. The van der Waals surface area contributed by atoms with Crippen LogP contribution in [0.2, 0.25) is 0 Å². The van der Waals surface area contributed by atoms with Crippen molar-refractivity contribution in [1.29, 1.82) is 0 Å². The minimum Gasteiger partial charge on any atom is -0.507 e. The molecule has 0 radical (unpaired) electrons. The summed E-state index contributed by atoms with van der Waals surface area (Å²) in [5.41, 5.74) is 3.93. The van der Waals surface area contributed by atoms with Gasteiger partial charge in [0.1, 0.15) is 11.4 Å². The Labute approximate surface area is 162 Å². The first kappa shape index (κ1) is 19.6. The summed E-state index contributed by atoms with van der Waals surface area (Å²) in [6.07, 6.45) is 0. The normalized spacial score (nSPS) is 11.4. The molecule has 8 nitrogen and oxygen atoms in total. The molecule has 0 aliphatic rings. The molecule has 1 amide bonds. The molecule has 0 aliphatic carbocycles. The van der Waals surface area contributed by atoms with E-state index < -0.39 is 10.0 Å². The fraction of sp³-hybridized carbons (Fsp3) is 0.158. The number of rotatable bonds is 5. The second kappa shape index (κ2) is 7.45. The van der Waals surface area contributed by atoms with E-state index >= 15 is 0 Å². The number of aryl methyl sites for hydroxylation is 2. The lowest BCUT2D eigenvalue weighted by Crippen LogP contribution is -2.23. The molecular formula is C19H20N4O4S. The van der Waals surface area contributed by atoms with E-state index in [4.69, 9.17) is 5.14 Å². The number of aromatic hydroxyl groups is 1. The van der Waals surface area contributed by atoms with Crippen molar-refractivity contribution in [3.8, 4) is 17.0 Å². The van der Waals surface area contributed by atoms with Crippen LogP contribution in [0.1, 0.15) is 27.2 Å². The molecule has 0 spiro atoms. The zero-order valence-corrected chi connectivity index (χ0v) is 16.2. The summed E-state index contributed by atoms with van der Waals surface area (Å²) in [6, 6.07) is 10.9. The van der Waals surface area contributed by atoms with Crippen LogP contribution in [-0.2, 0) is 16.6 Å². The fourth-order valence-corrected chi connectivity index (χ4v) is 3.17. The quantitative estimate of drug-likeness (QED) is 0.519. The van der Waals surface area contributed by atoms with Crippen LogP contribution in [0.15, 0.2) is 47.4 Å². The van der Waals surface area contributed by atoms with Crippen molar-refractivity contribution in [3.63, 3.8) is 0 Å². The number of nitrogens with two attached hydrogens (primary N) is 1. The highest BCUT2D eigenvalue weighted by molar-refractivity contribution is 7.89. The van der Waals surface area contributed by atoms with Gasteiger partial charge in [0.05, 0.1) is 10.6 Å².